The Morgan fingerprint density at radius 3 is 2.59 bits per heavy atom. The molecule has 2 heterocycles. The van der Waals surface area contributed by atoms with E-state index < -0.39 is 0 Å². The van der Waals surface area contributed by atoms with Gasteiger partial charge in [-0.1, -0.05) is 6.92 Å². The van der Waals surface area contributed by atoms with E-state index in [0.29, 0.717) is 18.4 Å². The number of urea groups is 1. The number of nitrogens with one attached hydrogen (secondary N) is 2. The number of nitrogens with zero attached hydrogens (tertiary/aromatic N) is 4. The minimum absolute atomic E-state index is 0.179. The van der Waals surface area contributed by atoms with Crippen LogP contribution in [0.4, 0.5) is 10.6 Å². The highest BCUT2D eigenvalue weighted by molar-refractivity contribution is 5.88. The largest absolute Gasteiger partial charge is 0.336 e. The molecule has 1 unspecified atom stereocenters. The molecular weight excluding hydrogens is 280 g/mol. The first-order valence-electron chi connectivity index (χ1n) is 8.01. The molecule has 0 bridgehead atoms. The average molecular weight is 308 g/mol. The van der Waals surface area contributed by atoms with Gasteiger partial charge in [-0.25, -0.2) is 4.79 Å². The summed E-state index contributed by atoms with van der Waals surface area (Å²) in [5.74, 6) is 0.708. The summed E-state index contributed by atoms with van der Waals surface area (Å²) in [4.78, 5) is 16.9. The first kappa shape index (κ1) is 16.8. The lowest BCUT2D eigenvalue weighted by Crippen LogP contribution is -2.52. The normalized spacial score (nSPS) is 18.2. The molecule has 1 aromatic heterocycles. The lowest BCUT2D eigenvalue weighted by atomic mass is 10.2. The molecule has 1 aromatic rings. The van der Waals surface area contributed by atoms with E-state index >= 15 is 0 Å². The van der Waals surface area contributed by atoms with Gasteiger partial charge in [-0.3, -0.25) is 14.9 Å². The molecular formula is C15H28N6O. The lowest BCUT2D eigenvalue weighted by Gasteiger charge is -2.37. The number of hydrogen-bond donors (Lipinski definition) is 2. The van der Waals surface area contributed by atoms with E-state index in [1.165, 1.54) is 0 Å². The van der Waals surface area contributed by atoms with Crippen molar-refractivity contribution in [3.05, 3.63) is 11.8 Å². The van der Waals surface area contributed by atoms with Gasteiger partial charge in [-0.2, -0.15) is 5.10 Å². The third-order valence-electron chi connectivity index (χ3n) is 4.28. The third-order valence-corrected chi connectivity index (χ3v) is 4.28. The van der Waals surface area contributed by atoms with Crippen molar-refractivity contribution < 1.29 is 4.79 Å². The van der Waals surface area contributed by atoms with Crippen LogP contribution in [-0.4, -0.2) is 70.9 Å². The van der Waals surface area contributed by atoms with Crippen LogP contribution in [-0.2, 0) is 7.05 Å². The van der Waals surface area contributed by atoms with Gasteiger partial charge in [0.2, 0.25) is 0 Å². The Morgan fingerprint density at radius 2 is 2.05 bits per heavy atom. The Labute approximate surface area is 132 Å². The van der Waals surface area contributed by atoms with Gasteiger partial charge in [-0.15, -0.1) is 0 Å². The topological polar surface area (TPSA) is 65.4 Å². The number of carbonyl (C=O) groups is 1. The maximum Gasteiger partial charge on any atom is 0.320 e. The summed E-state index contributed by atoms with van der Waals surface area (Å²) in [5.41, 5.74) is 0.889. The van der Waals surface area contributed by atoms with Crippen LogP contribution in [0.1, 0.15) is 19.5 Å². The molecule has 1 atom stereocenters. The number of carbonyl (C=O) groups excluding carboxylic acids is 1. The number of likely N-dealkylation sites (N-methyl/N-ethyl adjacent to an activating group) is 1. The molecule has 7 nitrogen and oxygen atoms in total. The van der Waals surface area contributed by atoms with Gasteiger partial charge < -0.3 is 10.2 Å². The highest BCUT2D eigenvalue weighted by Gasteiger charge is 2.20. The molecule has 0 aromatic carbocycles. The molecule has 1 aliphatic rings. The molecule has 1 fully saturated rings. The summed E-state index contributed by atoms with van der Waals surface area (Å²) in [6, 6.07) is 2.02. The fraction of sp³-hybridized carbons (Fsp3) is 0.733. The molecule has 2 N–H and O–H groups in total. The van der Waals surface area contributed by atoms with Crippen LogP contribution in [0.25, 0.3) is 0 Å². The average Bonchev–Trinajstić information content (AvgIpc) is 2.82. The highest BCUT2D eigenvalue weighted by atomic mass is 16.2. The zero-order valence-electron chi connectivity index (χ0n) is 14.1. The zero-order chi connectivity index (χ0) is 16.1. The van der Waals surface area contributed by atoms with Crippen LogP contribution in [0.15, 0.2) is 6.07 Å². The SMILES string of the molecule is CCN1CCN(C(C)CNC(=O)Nc2cc(C)nn2C)CC1. The van der Waals surface area contributed by atoms with Gasteiger partial charge >= 0.3 is 6.03 Å². The molecule has 2 amide bonds. The Kier molecular flexibility index (Phi) is 5.79. The predicted molar refractivity (Wildman–Crippen MR) is 88.1 cm³/mol. The van der Waals surface area contributed by atoms with E-state index in [-0.39, 0.29) is 6.03 Å². The lowest BCUT2D eigenvalue weighted by molar-refractivity contribution is 0.106. The zero-order valence-corrected chi connectivity index (χ0v) is 14.1. The summed E-state index contributed by atoms with van der Waals surface area (Å²) in [5, 5.41) is 9.98. The second kappa shape index (κ2) is 7.60. The van der Waals surface area contributed by atoms with Gasteiger partial charge in [-0.05, 0) is 20.4 Å². The first-order chi connectivity index (χ1) is 10.5. The highest BCUT2D eigenvalue weighted by Crippen LogP contribution is 2.08. The van der Waals surface area contributed by atoms with Crippen molar-refractivity contribution in [2.75, 3.05) is 44.6 Å². The fourth-order valence-corrected chi connectivity index (χ4v) is 2.78. The summed E-state index contributed by atoms with van der Waals surface area (Å²) in [6.07, 6.45) is 0. The van der Waals surface area contributed by atoms with Crippen molar-refractivity contribution in [3.63, 3.8) is 0 Å². The quantitative estimate of drug-likeness (QED) is 0.847. The van der Waals surface area contributed by atoms with Crippen LogP contribution in [0.3, 0.4) is 0 Å². The van der Waals surface area contributed by atoms with E-state index in [9.17, 15) is 4.79 Å². The number of hydrogen-bond acceptors (Lipinski definition) is 4. The molecule has 2 rings (SSSR count). The van der Waals surface area contributed by atoms with Crippen molar-refractivity contribution in [2.45, 2.75) is 26.8 Å². The summed E-state index contributed by atoms with van der Waals surface area (Å²) >= 11 is 0. The molecule has 0 aliphatic carbocycles. The van der Waals surface area contributed by atoms with E-state index in [2.05, 4.69) is 39.4 Å². The molecule has 1 saturated heterocycles. The minimum Gasteiger partial charge on any atom is -0.336 e. The fourth-order valence-electron chi connectivity index (χ4n) is 2.78. The van der Waals surface area contributed by atoms with Crippen LogP contribution >= 0.6 is 0 Å². The van der Waals surface area contributed by atoms with Gasteiger partial charge in [0, 0.05) is 51.9 Å². The Hall–Kier alpha value is -1.60. The van der Waals surface area contributed by atoms with Crippen molar-refractivity contribution >= 4 is 11.8 Å². The summed E-state index contributed by atoms with van der Waals surface area (Å²) in [6.45, 7) is 12.4. The van der Waals surface area contributed by atoms with Crippen LogP contribution < -0.4 is 10.6 Å². The van der Waals surface area contributed by atoms with Crippen LogP contribution in [0.2, 0.25) is 0 Å². The Balaban J connectivity index is 1.73. The molecule has 0 saturated carbocycles. The van der Waals surface area contributed by atoms with E-state index in [1.54, 1.807) is 4.68 Å². The maximum atomic E-state index is 12.0. The molecule has 7 heteroatoms. The number of anilines is 1. The number of piperazine rings is 1. The van der Waals surface area contributed by atoms with Crippen LogP contribution in [0.5, 0.6) is 0 Å². The van der Waals surface area contributed by atoms with E-state index in [4.69, 9.17) is 0 Å². The summed E-state index contributed by atoms with van der Waals surface area (Å²) < 4.78 is 1.67. The smallest absolute Gasteiger partial charge is 0.320 e. The van der Waals surface area contributed by atoms with Crippen molar-refractivity contribution in [1.29, 1.82) is 0 Å². The predicted octanol–water partition coefficient (Wildman–Crippen LogP) is 0.876. The standard InChI is InChI=1S/C15H28N6O/c1-5-20-6-8-21(9-7-20)13(3)11-16-15(22)17-14-10-12(2)18-19(14)4/h10,13H,5-9,11H2,1-4H3,(H2,16,17,22). The van der Waals surface area contributed by atoms with Crippen LogP contribution in [0, 0.1) is 6.92 Å². The van der Waals surface area contributed by atoms with E-state index in [0.717, 1.165) is 38.4 Å². The first-order valence-corrected chi connectivity index (χ1v) is 8.01. The van der Waals surface area contributed by atoms with Gasteiger partial charge in [0.05, 0.1) is 5.69 Å². The van der Waals surface area contributed by atoms with Gasteiger partial charge in [0.15, 0.2) is 0 Å². The van der Waals surface area contributed by atoms with E-state index in [1.807, 2.05) is 20.0 Å². The molecule has 1 aliphatic heterocycles. The van der Waals surface area contributed by atoms with Gasteiger partial charge in [0.25, 0.3) is 0 Å². The van der Waals surface area contributed by atoms with Gasteiger partial charge in [0.1, 0.15) is 5.82 Å². The maximum absolute atomic E-state index is 12.0. The number of amides is 2. The molecule has 22 heavy (non-hydrogen) atoms. The molecule has 0 spiro atoms. The third kappa shape index (κ3) is 4.45. The Morgan fingerprint density at radius 1 is 1.36 bits per heavy atom. The minimum atomic E-state index is -0.179. The van der Waals surface area contributed by atoms with Crippen molar-refractivity contribution in [1.82, 2.24) is 24.9 Å². The number of aromatic nitrogens is 2. The second-order valence-corrected chi connectivity index (χ2v) is 5.95. The van der Waals surface area contributed by atoms with Crippen molar-refractivity contribution in [3.8, 4) is 0 Å². The Bertz CT molecular complexity index is 492. The molecule has 0 radical (unpaired) electrons. The molecule has 124 valence electrons. The van der Waals surface area contributed by atoms with Crippen molar-refractivity contribution in [2.24, 2.45) is 7.05 Å². The number of rotatable bonds is 5. The summed E-state index contributed by atoms with van der Waals surface area (Å²) in [7, 11) is 1.82. The monoisotopic (exact) mass is 308 g/mol. The number of aryl methyl sites for hydroxylation is 2. The second-order valence-electron chi connectivity index (χ2n) is 5.95.